The molecule has 31 heavy (non-hydrogen) atoms. The van der Waals surface area contributed by atoms with Crippen LogP contribution in [-0.4, -0.2) is 44.7 Å². The molecule has 0 aromatic heterocycles. The first-order valence-corrected chi connectivity index (χ1v) is 11.5. The third-order valence-corrected chi connectivity index (χ3v) is 5.77. The molecule has 1 rings (SSSR count). The van der Waals surface area contributed by atoms with E-state index in [1.807, 2.05) is 12.2 Å². The first-order chi connectivity index (χ1) is 14.9. The Morgan fingerprint density at radius 1 is 1.10 bits per heavy atom. The van der Waals surface area contributed by atoms with E-state index in [-0.39, 0.29) is 17.8 Å². The van der Waals surface area contributed by atoms with Gasteiger partial charge in [0.1, 0.15) is 5.78 Å². The minimum Gasteiger partial charge on any atom is -0.466 e. The molecule has 0 aromatic rings. The molecular weight excluding hydrogens is 396 g/mol. The molecule has 0 aliphatic heterocycles. The Morgan fingerprint density at radius 2 is 1.87 bits per heavy atom. The second kappa shape index (κ2) is 15.8. The third-order valence-electron chi connectivity index (χ3n) is 5.77. The highest BCUT2D eigenvalue weighted by molar-refractivity contribution is 5.84. The zero-order valence-corrected chi connectivity index (χ0v) is 19.6. The largest absolute Gasteiger partial charge is 0.466 e. The number of esters is 2. The zero-order chi connectivity index (χ0) is 23.1. The number of Topliss-reactive ketones (excluding diaryl/α,β-unsaturated/α-hetero) is 1. The van der Waals surface area contributed by atoms with Crippen LogP contribution in [0.1, 0.15) is 71.6 Å². The van der Waals surface area contributed by atoms with Crippen LogP contribution in [0, 0.1) is 17.8 Å². The maximum absolute atomic E-state index is 12.6. The van der Waals surface area contributed by atoms with Gasteiger partial charge in [-0.3, -0.25) is 9.59 Å². The molecule has 0 heterocycles. The molecule has 0 aromatic carbocycles. The van der Waals surface area contributed by atoms with E-state index in [2.05, 4.69) is 23.8 Å². The molecule has 6 nitrogen and oxygen atoms in total. The fourth-order valence-corrected chi connectivity index (χ4v) is 4.16. The lowest BCUT2D eigenvalue weighted by Crippen LogP contribution is -2.27. The van der Waals surface area contributed by atoms with Crippen LogP contribution in [-0.2, 0) is 28.6 Å². The molecule has 4 atom stereocenters. The van der Waals surface area contributed by atoms with E-state index in [0.29, 0.717) is 38.1 Å². The van der Waals surface area contributed by atoms with Crippen molar-refractivity contribution >= 4 is 17.7 Å². The number of unbranched alkanes of at least 4 members (excludes halogenated alkanes) is 4. The van der Waals surface area contributed by atoms with Crippen LogP contribution in [0.25, 0.3) is 0 Å². The number of ketones is 1. The summed E-state index contributed by atoms with van der Waals surface area (Å²) in [5.41, 5.74) is 0. The monoisotopic (exact) mass is 436 g/mol. The van der Waals surface area contributed by atoms with Gasteiger partial charge in [-0.25, -0.2) is 4.79 Å². The van der Waals surface area contributed by atoms with Crippen molar-refractivity contribution in [1.82, 2.24) is 0 Å². The van der Waals surface area contributed by atoms with Crippen molar-refractivity contribution in [3.8, 4) is 0 Å². The number of allylic oxidation sites excluding steroid dienone is 4. The Hall–Kier alpha value is -1.95. The maximum Gasteiger partial charge on any atom is 0.347 e. The van der Waals surface area contributed by atoms with Crippen molar-refractivity contribution in [2.24, 2.45) is 17.8 Å². The highest BCUT2D eigenvalue weighted by Gasteiger charge is 2.39. The van der Waals surface area contributed by atoms with Crippen molar-refractivity contribution in [3.63, 3.8) is 0 Å². The van der Waals surface area contributed by atoms with E-state index in [1.165, 1.54) is 39.7 Å². The Bertz CT molecular complexity index is 609. The highest BCUT2D eigenvalue weighted by Crippen LogP contribution is 2.38. The van der Waals surface area contributed by atoms with Gasteiger partial charge in [0.25, 0.3) is 0 Å². The van der Waals surface area contributed by atoms with Gasteiger partial charge in [-0.15, -0.1) is 0 Å². The molecule has 1 fully saturated rings. The van der Waals surface area contributed by atoms with Gasteiger partial charge in [-0.2, -0.15) is 0 Å². The van der Waals surface area contributed by atoms with Gasteiger partial charge in [-0.05, 0) is 43.9 Å². The summed E-state index contributed by atoms with van der Waals surface area (Å²) in [4.78, 5) is 35.5. The van der Waals surface area contributed by atoms with Crippen molar-refractivity contribution in [1.29, 1.82) is 0 Å². The molecule has 0 amide bonds. The molecule has 0 spiro atoms. The molecule has 0 radical (unpaired) electrons. The summed E-state index contributed by atoms with van der Waals surface area (Å²) < 4.78 is 15.0. The fourth-order valence-electron chi connectivity index (χ4n) is 4.16. The number of carbonyl (C=O) groups excluding carboxylic acids is 3. The lowest BCUT2D eigenvalue weighted by molar-refractivity contribution is -0.165. The Balaban J connectivity index is 2.61. The molecule has 0 N–H and O–H groups in total. The Labute approximate surface area is 187 Å². The van der Waals surface area contributed by atoms with Gasteiger partial charge < -0.3 is 14.2 Å². The molecule has 1 saturated carbocycles. The summed E-state index contributed by atoms with van der Waals surface area (Å²) in [7, 11) is 2.96. The van der Waals surface area contributed by atoms with E-state index in [1.54, 1.807) is 7.11 Å². The molecular formula is C25H40O6. The zero-order valence-electron chi connectivity index (χ0n) is 19.6. The normalized spacial score (nSPS) is 22.3. The Kier molecular flexibility index (Phi) is 13.8. The summed E-state index contributed by atoms with van der Waals surface area (Å²) >= 11 is 0. The topological polar surface area (TPSA) is 78.9 Å². The van der Waals surface area contributed by atoms with Crippen molar-refractivity contribution in [2.45, 2.75) is 77.7 Å². The van der Waals surface area contributed by atoms with E-state index in [9.17, 15) is 14.4 Å². The van der Waals surface area contributed by atoms with Gasteiger partial charge in [-0.1, -0.05) is 50.5 Å². The van der Waals surface area contributed by atoms with Crippen LogP contribution in [0.3, 0.4) is 0 Å². The van der Waals surface area contributed by atoms with Gasteiger partial charge in [0.15, 0.2) is 6.10 Å². The molecule has 6 heteroatoms. The standard InChI is InChI=1S/C25H40O6/c1-5-6-7-8-9-11-14-21-20(18-29-3)17-23(27)22(21)15-12-10-13-16-24(25(28)30-4)31-19(2)26/h10-12,14,20-22,24H,5-9,13,15-18H2,1-4H3/b12-10-,14-11+/t20-,21-,22+,24?/m0/s1. The van der Waals surface area contributed by atoms with Crippen LogP contribution in [0.4, 0.5) is 0 Å². The summed E-state index contributed by atoms with van der Waals surface area (Å²) in [5.74, 6) is -0.374. The second-order valence-electron chi connectivity index (χ2n) is 8.25. The van der Waals surface area contributed by atoms with Crippen LogP contribution in [0.15, 0.2) is 24.3 Å². The molecule has 0 saturated heterocycles. The van der Waals surface area contributed by atoms with Crippen LogP contribution in [0.2, 0.25) is 0 Å². The summed E-state index contributed by atoms with van der Waals surface area (Å²) in [6.45, 7) is 4.07. The smallest absolute Gasteiger partial charge is 0.347 e. The van der Waals surface area contributed by atoms with Crippen molar-refractivity contribution in [2.75, 3.05) is 20.8 Å². The van der Waals surface area contributed by atoms with Gasteiger partial charge >= 0.3 is 11.9 Å². The number of hydrogen-bond acceptors (Lipinski definition) is 6. The summed E-state index contributed by atoms with van der Waals surface area (Å²) in [5, 5.41) is 0. The highest BCUT2D eigenvalue weighted by atomic mass is 16.6. The molecule has 1 aliphatic rings. The minimum absolute atomic E-state index is 0.0341. The van der Waals surface area contributed by atoms with Crippen LogP contribution < -0.4 is 0 Å². The summed E-state index contributed by atoms with van der Waals surface area (Å²) in [6, 6.07) is 0. The average molecular weight is 437 g/mol. The van der Waals surface area contributed by atoms with Crippen molar-refractivity contribution in [3.05, 3.63) is 24.3 Å². The number of rotatable bonds is 15. The quantitative estimate of drug-likeness (QED) is 0.208. The van der Waals surface area contributed by atoms with E-state index in [0.717, 1.165) is 6.42 Å². The first kappa shape index (κ1) is 27.1. The number of methoxy groups -OCH3 is 2. The van der Waals surface area contributed by atoms with Gasteiger partial charge in [0.2, 0.25) is 0 Å². The molecule has 1 aliphatic carbocycles. The number of ether oxygens (including phenoxy) is 3. The fraction of sp³-hybridized carbons (Fsp3) is 0.720. The maximum atomic E-state index is 12.6. The Morgan fingerprint density at radius 3 is 2.52 bits per heavy atom. The SMILES string of the molecule is CCCCCC/C=C/[C@H]1[C@H](COC)CC(=O)[C@@H]1C/C=C\CCC(OC(C)=O)C(=O)OC. The van der Waals surface area contributed by atoms with Gasteiger partial charge in [0, 0.05) is 26.4 Å². The van der Waals surface area contributed by atoms with Gasteiger partial charge in [0.05, 0.1) is 13.7 Å². The second-order valence-corrected chi connectivity index (χ2v) is 8.25. The lowest BCUT2D eigenvalue weighted by atomic mass is 9.86. The number of hydrogen-bond donors (Lipinski definition) is 0. The minimum atomic E-state index is -0.894. The molecule has 176 valence electrons. The molecule has 0 bridgehead atoms. The predicted molar refractivity (Wildman–Crippen MR) is 120 cm³/mol. The average Bonchev–Trinajstić information content (AvgIpc) is 3.03. The predicted octanol–water partition coefficient (Wildman–Crippen LogP) is 4.81. The van der Waals surface area contributed by atoms with Crippen LogP contribution >= 0.6 is 0 Å². The van der Waals surface area contributed by atoms with Crippen molar-refractivity contribution < 1.29 is 28.6 Å². The lowest BCUT2D eigenvalue weighted by Gasteiger charge is -2.19. The molecule has 1 unspecified atom stereocenters. The third kappa shape index (κ3) is 10.3. The number of carbonyl (C=O) groups is 3. The first-order valence-electron chi connectivity index (χ1n) is 11.5. The van der Waals surface area contributed by atoms with E-state index < -0.39 is 18.0 Å². The summed E-state index contributed by atoms with van der Waals surface area (Å²) in [6.07, 6.45) is 15.7. The van der Waals surface area contributed by atoms with Crippen LogP contribution in [0.5, 0.6) is 0 Å². The van der Waals surface area contributed by atoms with E-state index >= 15 is 0 Å². The van der Waals surface area contributed by atoms with E-state index in [4.69, 9.17) is 9.47 Å².